The molecule has 1 aromatic heterocycles. The van der Waals surface area contributed by atoms with Gasteiger partial charge in [0.05, 0.1) is 0 Å². The van der Waals surface area contributed by atoms with Crippen molar-refractivity contribution in [1.29, 1.82) is 0 Å². The highest BCUT2D eigenvalue weighted by atomic mass is 35.5. The van der Waals surface area contributed by atoms with Crippen LogP contribution in [-0.4, -0.2) is 28.4 Å². The lowest BCUT2D eigenvalue weighted by Gasteiger charge is -2.44. The Bertz CT molecular complexity index is 807. The molecule has 2 aliphatic rings. The van der Waals surface area contributed by atoms with E-state index in [0.29, 0.717) is 31.3 Å². The third-order valence-electron chi connectivity index (χ3n) is 6.72. The van der Waals surface area contributed by atoms with E-state index >= 15 is 0 Å². The van der Waals surface area contributed by atoms with Crippen LogP contribution in [0.15, 0.2) is 48.7 Å². The van der Waals surface area contributed by atoms with Crippen molar-refractivity contribution in [2.75, 3.05) is 6.54 Å². The molecule has 0 spiro atoms. The number of carbonyl (C=O) groups excluding carboxylic acids is 1. The first kappa shape index (κ1) is 25.6. The van der Waals surface area contributed by atoms with Crippen LogP contribution in [0.3, 0.4) is 0 Å². The molecule has 2 N–H and O–H groups in total. The van der Waals surface area contributed by atoms with Crippen LogP contribution in [0.2, 0.25) is 0 Å². The maximum Gasteiger partial charge on any atom is 0.226 e. The minimum absolute atomic E-state index is 0. The van der Waals surface area contributed by atoms with Crippen LogP contribution in [0.4, 0.5) is 4.39 Å². The number of benzene rings is 1. The smallest absolute Gasteiger partial charge is 0.226 e. The summed E-state index contributed by atoms with van der Waals surface area (Å²) in [6.45, 7) is 1.12. The summed E-state index contributed by atoms with van der Waals surface area (Å²) < 4.78 is 13.3. The largest absolute Gasteiger partial charge is 0.338 e. The second kappa shape index (κ2) is 11.8. The Kier molecular flexibility index (Phi) is 9.73. The number of nitrogens with zero attached hydrogens (tertiary/aromatic N) is 2. The molecule has 1 aromatic carbocycles. The Hall–Kier alpha value is -1.69. The quantitative estimate of drug-likeness (QED) is 0.663. The number of rotatable bonds is 6. The summed E-state index contributed by atoms with van der Waals surface area (Å²) in [7, 11) is 0. The molecular formula is C24H32Cl2FN3O. The number of aromatic nitrogens is 1. The first-order valence-corrected chi connectivity index (χ1v) is 10.8. The van der Waals surface area contributed by atoms with Gasteiger partial charge in [-0.3, -0.25) is 9.78 Å². The number of fused-ring (bicyclic) bond motifs is 2. The average Bonchev–Trinajstić information content (AvgIpc) is 2.72. The minimum atomic E-state index is -0.255. The summed E-state index contributed by atoms with van der Waals surface area (Å²) in [6.07, 6.45) is 7.83. The van der Waals surface area contributed by atoms with Crippen molar-refractivity contribution < 1.29 is 9.18 Å². The van der Waals surface area contributed by atoms with Crippen molar-refractivity contribution in [1.82, 2.24) is 9.88 Å². The van der Waals surface area contributed by atoms with Crippen molar-refractivity contribution in [3.05, 3.63) is 65.7 Å². The highest BCUT2D eigenvalue weighted by molar-refractivity contribution is 5.85. The van der Waals surface area contributed by atoms with Crippen molar-refractivity contribution in [2.45, 2.75) is 51.1 Å². The Balaban J connectivity index is 0.00000171. The lowest BCUT2D eigenvalue weighted by Crippen LogP contribution is -2.49. The lowest BCUT2D eigenvalue weighted by molar-refractivity contribution is -0.139. The fourth-order valence-electron chi connectivity index (χ4n) is 5.12. The normalized spacial score (nSPS) is 24.5. The van der Waals surface area contributed by atoms with Crippen LogP contribution < -0.4 is 5.73 Å². The molecule has 2 atom stereocenters. The zero-order valence-electron chi connectivity index (χ0n) is 17.7. The Morgan fingerprint density at radius 2 is 1.74 bits per heavy atom. The number of carbonyl (C=O) groups is 1. The molecule has 170 valence electrons. The third kappa shape index (κ3) is 6.41. The predicted octanol–water partition coefficient (Wildman–Crippen LogP) is 4.79. The Morgan fingerprint density at radius 1 is 1.06 bits per heavy atom. The molecule has 0 radical (unpaired) electrons. The van der Waals surface area contributed by atoms with Crippen LogP contribution >= 0.6 is 24.8 Å². The average molecular weight is 468 g/mol. The van der Waals surface area contributed by atoms with E-state index in [1.807, 2.05) is 23.1 Å². The van der Waals surface area contributed by atoms with Crippen LogP contribution in [0.25, 0.3) is 0 Å². The number of halogens is 3. The van der Waals surface area contributed by atoms with E-state index in [0.717, 1.165) is 36.9 Å². The molecule has 2 saturated carbocycles. The second-order valence-corrected chi connectivity index (χ2v) is 8.65. The molecule has 0 aliphatic heterocycles. The maximum absolute atomic E-state index is 13.5. The molecule has 4 nitrogen and oxygen atoms in total. The summed E-state index contributed by atoms with van der Waals surface area (Å²) >= 11 is 0. The number of pyridine rings is 1. The van der Waals surface area contributed by atoms with E-state index in [2.05, 4.69) is 4.98 Å². The molecule has 4 rings (SSSR count). The van der Waals surface area contributed by atoms with Crippen LogP contribution in [-0.2, 0) is 17.8 Å². The molecule has 2 fully saturated rings. The third-order valence-corrected chi connectivity index (χ3v) is 6.72. The van der Waals surface area contributed by atoms with Gasteiger partial charge in [0, 0.05) is 43.4 Å². The van der Waals surface area contributed by atoms with Crippen molar-refractivity contribution in [3.63, 3.8) is 0 Å². The molecule has 2 bridgehead atoms. The van der Waals surface area contributed by atoms with E-state index in [1.54, 1.807) is 18.3 Å². The summed E-state index contributed by atoms with van der Waals surface area (Å²) in [4.78, 5) is 19.9. The van der Waals surface area contributed by atoms with Gasteiger partial charge in [0.15, 0.2) is 0 Å². The Labute approximate surface area is 196 Å². The fraction of sp³-hybridized carbons (Fsp3) is 0.500. The molecule has 2 aliphatic carbocycles. The number of hydrogen-bond acceptors (Lipinski definition) is 3. The van der Waals surface area contributed by atoms with Gasteiger partial charge in [0.25, 0.3) is 0 Å². The van der Waals surface area contributed by atoms with Crippen LogP contribution in [0.1, 0.15) is 43.4 Å². The topological polar surface area (TPSA) is 59.2 Å². The summed E-state index contributed by atoms with van der Waals surface area (Å²) in [5.74, 6) is 0.956. The fourth-order valence-corrected chi connectivity index (χ4v) is 5.12. The summed E-state index contributed by atoms with van der Waals surface area (Å²) in [6, 6.07) is 12.6. The molecule has 7 heteroatoms. The van der Waals surface area contributed by atoms with Gasteiger partial charge in [-0.25, -0.2) is 4.39 Å². The van der Waals surface area contributed by atoms with Gasteiger partial charge in [-0.1, -0.05) is 24.6 Å². The van der Waals surface area contributed by atoms with Crippen LogP contribution in [0.5, 0.6) is 0 Å². The van der Waals surface area contributed by atoms with E-state index in [-0.39, 0.29) is 48.5 Å². The van der Waals surface area contributed by atoms with Gasteiger partial charge in [-0.15, -0.1) is 24.8 Å². The standard InChI is InChI=1S/C24H30FN3O.2ClH/c25-21-9-7-17(8-10-21)16-28(13-11-22-6-1-2-12-27-22)24(29)20-14-18-4-3-5-19(15-20)23(18)26;;/h1-2,6-10,12,18-20,23H,3-5,11,13-16,26H2;2*1H. The molecule has 31 heavy (non-hydrogen) atoms. The molecule has 0 saturated heterocycles. The van der Waals surface area contributed by atoms with Gasteiger partial charge in [0.1, 0.15) is 5.82 Å². The van der Waals surface area contributed by atoms with Gasteiger partial charge in [0.2, 0.25) is 5.91 Å². The first-order valence-electron chi connectivity index (χ1n) is 10.8. The predicted molar refractivity (Wildman–Crippen MR) is 126 cm³/mol. The van der Waals surface area contributed by atoms with Crippen LogP contribution in [0, 0.1) is 23.6 Å². The van der Waals surface area contributed by atoms with E-state index < -0.39 is 0 Å². The maximum atomic E-state index is 13.5. The van der Waals surface area contributed by atoms with Gasteiger partial charge >= 0.3 is 0 Å². The van der Waals surface area contributed by atoms with Gasteiger partial charge in [-0.05, 0) is 67.3 Å². The van der Waals surface area contributed by atoms with E-state index in [4.69, 9.17) is 5.73 Å². The van der Waals surface area contributed by atoms with Gasteiger partial charge in [-0.2, -0.15) is 0 Å². The van der Waals surface area contributed by atoms with Crippen molar-refractivity contribution in [2.24, 2.45) is 23.5 Å². The number of hydrogen-bond donors (Lipinski definition) is 1. The van der Waals surface area contributed by atoms with E-state index in [1.165, 1.54) is 18.6 Å². The highest BCUT2D eigenvalue weighted by Gasteiger charge is 2.41. The zero-order valence-corrected chi connectivity index (χ0v) is 19.3. The molecular weight excluding hydrogens is 436 g/mol. The molecule has 2 aromatic rings. The highest BCUT2D eigenvalue weighted by Crippen LogP contribution is 2.42. The first-order chi connectivity index (χ1) is 14.1. The second-order valence-electron chi connectivity index (χ2n) is 8.65. The Morgan fingerprint density at radius 3 is 2.35 bits per heavy atom. The van der Waals surface area contributed by atoms with Crippen molar-refractivity contribution in [3.8, 4) is 0 Å². The lowest BCUT2D eigenvalue weighted by atomic mass is 9.65. The minimum Gasteiger partial charge on any atom is -0.338 e. The number of amides is 1. The molecule has 1 amide bonds. The molecule has 2 unspecified atom stereocenters. The number of nitrogens with two attached hydrogens (primary N) is 1. The molecule has 1 heterocycles. The summed E-state index contributed by atoms with van der Waals surface area (Å²) in [5, 5.41) is 0. The van der Waals surface area contributed by atoms with E-state index in [9.17, 15) is 9.18 Å². The van der Waals surface area contributed by atoms with Gasteiger partial charge < -0.3 is 10.6 Å². The zero-order chi connectivity index (χ0) is 20.2. The SMILES string of the molecule is Cl.Cl.NC1C2CCCC1CC(C(=O)N(CCc1ccccn1)Cc1ccc(F)cc1)C2. The van der Waals surface area contributed by atoms with Crippen molar-refractivity contribution >= 4 is 30.7 Å². The summed E-state index contributed by atoms with van der Waals surface area (Å²) in [5.41, 5.74) is 8.36. The monoisotopic (exact) mass is 467 g/mol.